The third-order valence-electron chi connectivity index (χ3n) is 4.03. The zero-order valence-corrected chi connectivity index (χ0v) is 11.6. The van der Waals surface area contributed by atoms with Gasteiger partial charge in [-0.25, -0.2) is 4.98 Å². The summed E-state index contributed by atoms with van der Waals surface area (Å²) in [5.74, 6) is 1.41. The van der Waals surface area contributed by atoms with Crippen LogP contribution in [0.15, 0.2) is 12.3 Å². The van der Waals surface area contributed by atoms with Crippen molar-refractivity contribution in [3.05, 3.63) is 12.3 Å². The maximum atomic E-state index is 5.13. The molecule has 6 nitrogen and oxygen atoms in total. The third-order valence-corrected chi connectivity index (χ3v) is 4.03. The van der Waals surface area contributed by atoms with Gasteiger partial charge in [-0.3, -0.25) is 4.90 Å². The van der Waals surface area contributed by atoms with Crippen molar-refractivity contribution < 1.29 is 4.74 Å². The Kier molecular flexibility index (Phi) is 3.52. The molecular formula is C13H21N5O. The van der Waals surface area contributed by atoms with Crippen molar-refractivity contribution in [3.8, 4) is 5.88 Å². The second-order valence-electron chi connectivity index (χ2n) is 5.30. The summed E-state index contributed by atoms with van der Waals surface area (Å²) in [7, 11) is 3.82. The Labute approximate surface area is 114 Å². The number of likely N-dealkylation sites (N-methyl/N-ethyl adjacent to an activating group) is 1. The second kappa shape index (κ2) is 5.30. The van der Waals surface area contributed by atoms with E-state index in [4.69, 9.17) is 4.74 Å². The van der Waals surface area contributed by atoms with Crippen molar-refractivity contribution in [1.29, 1.82) is 0 Å². The Bertz CT molecular complexity index is 427. The minimum absolute atomic E-state index is 0.632. The summed E-state index contributed by atoms with van der Waals surface area (Å²) in [6.07, 6.45) is 1.75. The normalized spacial score (nSPS) is 22.3. The Morgan fingerprint density at radius 2 is 1.95 bits per heavy atom. The summed E-state index contributed by atoms with van der Waals surface area (Å²) in [4.78, 5) is 15.9. The molecule has 2 fully saturated rings. The molecular weight excluding hydrogens is 242 g/mol. The van der Waals surface area contributed by atoms with Gasteiger partial charge in [0.25, 0.3) is 0 Å². The number of methoxy groups -OCH3 is 1. The summed E-state index contributed by atoms with van der Waals surface area (Å²) in [6, 6.07) is 2.44. The number of anilines is 1. The van der Waals surface area contributed by atoms with Gasteiger partial charge in [-0.1, -0.05) is 0 Å². The molecule has 0 saturated carbocycles. The fourth-order valence-electron chi connectivity index (χ4n) is 2.64. The molecule has 0 aromatic carbocycles. The van der Waals surface area contributed by atoms with Gasteiger partial charge in [-0.05, 0) is 7.05 Å². The van der Waals surface area contributed by atoms with E-state index < -0.39 is 0 Å². The van der Waals surface area contributed by atoms with Crippen LogP contribution < -0.4 is 9.64 Å². The topological polar surface area (TPSA) is 44.7 Å². The van der Waals surface area contributed by atoms with Crippen molar-refractivity contribution >= 4 is 5.95 Å². The summed E-state index contributed by atoms with van der Waals surface area (Å²) in [5.41, 5.74) is 0. The van der Waals surface area contributed by atoms with Crippen LogP contribution in [0.3, 0.4) is 0 Å². The van der Waals surface area contributed by atoms with Gasteiger partial charge in [0.1, 0.15) is 0 Å². The first kappa shape index (κ1) is 12.6. The van der Waals surface area contributed by atoms with Crippen molar-refractivity contribution in [1.82, 2.24) is 19.8 Å². The third kappa shape index (κ3) is 2.64. The van der Waals surface area contributed by atoms with Gasteiger partial charge in [-0.15, -0.1) is 0 Å². The van der Waals surface area contributed by atoms with Gasteiger partial charge in [-0.2, -0.15) is 4.98 Å². The van der Waals surface area contributed by atoms with Gasteiger partial charge >= 0.3 is 0 Å². The fraction of sp³-hybridized carbons (Fsp3) is 0.692. The lowest BCUT2D eigenvalue weighted by molar-refractivity contribution is 0.0957. The van der Waals surface area contributed by atoms with Gasteiger partial charge in [0, 0.05) is 57.6 Å². The van der Waals surface area contributed by atoms with Crippen molar-refractivity contribution in [2.45, 2.75) is 6.04 Å². The Balaban J connectivity index is 1.54. The molecule has 1 aromatic rings. The summed E-state index contributed by atoms with van der Waals surface area (Å²) >= 11 is 0. The summed E-state index contributed by atoms with van der Waals surface area (Å²) in [5, 5.41) is 0. The Morgan fingerprint density at radius 3 is 2.63 bits per heavy atom. The molecule has 0 aliphatic carbocycles. The lowest BCUT2D eigenvalue weighted by atomic mass is 10.1. The smallest absolute Gasteiger partial charge is 0.228 e. The van der Waals surface area contributed by atoms with Crippen LogP contribution in [0, 0.1) is 0 Å². The molecule has 19 heavy (non-hydrogen) atoms. The monoisotopic (exact) mass is 263 g/mol. The number of hydrogen-bond donors (Lipinski definition) is 0. The highest BCUT2D eigenvalue weighted by Gasteiger charge is 2.34. The fourth-order valence-corrected chi connectivity index (χ4v) is 2.64. The first-order valence-electron chi connectivity index (χ1n) is 6.81. The number of aromatic nitrogens is 2. The first-order chi connectivity index (χ1) is 9.26. The van der Waals surface area contributed by atoms with Crippen LogP contribution in [-0.4, -0.2) is 79.2 Å². The molecule has 1 aromatic heterocycles. The average molecular weight is 263 g/mol. The molecule has 2 saturated heterocycles. The Morgan fingerprint density at radius 1 is 1.21 bits per heavy atom. The molecule has 0 N–H and O–H groups in total. The van der Waals surface area contributed by atoms with Gasteiger partial charge in [0.05, 0.1) is 7.11 Å². The van der Waals surface area contributed by atoms with Gasteiger partial charge < -0.3 is 14.5 Å². The maximum absolute atomic E-state index is 5.13. The van der Waals surface area contributed by atoms with Crippen LogP contribution in [-0.2, 0) is 0 Å². The zero-order chi connectivity index (χ0) is 13.2. The SMILES string of the molecule is COc1ccnc(N2CC(N3CCN(C)CC3)C2)n1. The number of rotatable bonds is 3. The van der Waals surface area contributed by atoms with Crippen LogP contribution in [0.4, 0.5) is 5.95 Å². The minimum Gasteiger partial charge on any atom is -0.481 e. The van der Waals surface area contributed by atoms with E-state index in [0.29, 0.717) is 11.9 Å². The van der Waals surface area contributed by atoms with E-state index in [1.807, 2.05) is 0 Å². The number of piperazine rings is 1. The number of hydrogen-bond acceptors (Lipinski definition) is 6. The molecule has 0 unspecified atom stereocenters. The Hall–Kier alpha value is -1.40. The summed E-state index contributed by atoms with van der Waals surface area (Å²) < 4.78 is 5.13. The molecule has 0 bridgehead atoms. The van der Waals surface area contributed by atoms with E-state index >= 15 is 0 Å². The largest absolute Gasteiger partial charge is 0.481 e. The predicted octanol–water partition coefficient (Wildman–Crippen LogP) is -0.0788. The van der Waals surface area contributed by atoms with E-state index in [2.05, 4.69) is 31.7 Å². The molecule has 104 valence electrons. The van der Waals surface area contributed by atoms with E-state index in [1.165, 1.54) is 26.2 Å². The number of nitrogens with zero attached hydrogens (tertiary/aromatic N) is 5. The van der Waals surface area contributed by atoms with Crippen LogP contribution in [0.5, 0.6) is 5.88 Å². The highest BCUT2D eigenvalue weighted by molar-refractivity contribution is 5.36. The van der Waals surface area contributed by atoms with Crippen LogP contribution in [0.1, 0.15) is 0 Å². The van der Waals surface area contributed by atoms with E-state index in [1.54, 1.807) is 19.4 Å². The average Bonchev–Trinajstić information content (AvgIpc) is 2.40. The zero-order valence-electron chi connectivity index (χ0n) is 11.6. The first-order valence-corrected chi connectivity index (χ1v) is 6.81. The minimum atomic E-state index is 0.632. The molecule has 0 radical (unpaired) electrons. The predicted molar refractivity (Wildman–Crippen MR) is 73.7 cm³/mol. The van der Waals surface area contributed by atoms with Crippen molar-refractivity contribution in [3.63, 3.8) is 0 Å². The van der Waals surface area contributed by atoms with E-state index in [9.17, 15) is 0 Å². The molecule has 3 heterocycles. The lowest BCUT2D eigenvalue weighted by Crippen LogP contribution is -2.63. The van der Waals surface area contributed by atoms with E-state index in [0.717, 1.165) is 19.0 Å². The maximum Gasteiger partial charge on any atom is 0.228 e. The van der Waals surface area contributed by atoms with Gasteiger partial charge in [0.2, 0.25) is 11.8 Å². The van der Waals surface area contributed by atoms with Gasteiger partial charge in [0.15, 0.2) is 0 Å². The lowest BCUT2D eigenvalue weighted by Gasteiger charge is -2.47. The molecule has 0 atom stereocenters. The summed E-state index contributed by atoms with van der Waals surface area (Å²) in [6.45, 7) is 6.74. The van der Waals surface area contributed by atoms with Crippen LogP contribution in [0.2, 0.25) is 0 Å². The second-order valence-corrected chi connectivity index (χ2v) is 5.30. The molecule has 2 aliphatic heterocycles. The molecule has 0 amide bonds. The molecule has 2 aliphatic rings. The molecule has 6 heteroatoms. The van der Waals surface area contributed by atoms with Crippen LogP contribution in [0.25, 0.3) is 0 Å². The van der Waals surface area contributed by atoms with Crippen LogP contribution >= 0.6 is 0 Å². The van der Waals surface area contributed by atoms with Crippen molar-refractivity contribution in [2.75, 3.05) is 58.3 Å². The van der Waals surface area contributed by atoms with Crippen molar-refractivity contribution in [2.24, 2.45) is 0 Å². The van der Waals surface area contributed by atoms with E-state index in [-0.39, 0.29) is 0 Å². The standard InChI is InChI=1S/C13H21N5O/c1-16-5-7-17(8-6-16)11-9-18(10-11)13-14-4-3-12(15-13)19-2/h3-4,11H,5-10H2,1-2H3. The quantitative estimate of drug-likeness (QED) is 0.760. The highest BCUT2D eigenvalue weighted by Crippen LogP contribution is 2.22. The highest BCUT2D eigenvalue weighted by atomic mass is 16.5. The molecule has 0 spiro atoms. The number of ether oxygens (including phenoxy) is 1. The molecule has 3 rings (SSSR count).